The van der Waals surface area contributed by atoms with Crippen LogP contribution in [0.15, 0.2) is 72.8 Å². The number of aromatic nitrogens is 12. The molecule has 0 aliphatic carbocycles. The van der Waals surface area contributed by atoms with E-state index in [1.807, 2.05) is 138 Å². The number of nitrogens with one attached hydrogen (secondary N) is 6. The second-order valence-corrected chi connectivity index (χ2v) is 34.9. The third kappa shape index (κ3) is 21.2. The van der Waals surface area contributed by atoms with E-state index in [1.165, 1.54) is 0 Å². The summed E-state index contributed by atoms with van der Waals surface area (Å²) in [5.74, 6) is -7.06. The van der Waals surface area contributed by atoms with Crippen LogP contribution in [-0.4, -0.2) is 126 Å². The molecule has 0 saturated carbocycles. The molecule has 696 valence electrons. The second-order valence-electron chi connectivity index (χ2n) is 34.9. The molecule has 134 heavy (non-hydrogen) atoms. The topological polar surface area (TPSA) is 534 Å². The van der Waals surface area contributed by atoms with Crippen LogP contribution < -0.4 is 30.6 Å². The van der Waals surface area contributed by atoms with Crippen molar-refractivity contribution < 1.29 is 125 Å². The minimum atomic E-state index is -1.18. The van der Waals surface area contributed by atoms with Crippen LogP contribution >= 0.6 is 0 Å². The van der Waals surface area contributed by atoms with Crippen molar-refractivity contribution in [3.05, 3.63) is 208 Å². The van der Waals surface area contributed by atoms with Crippen molar-refractivity contribution in [3.63, 3.8) is 0 Å². The molecule has 6 unspecified atom stereocenters. The van der Waals surface area contributed by atoms with Crippen molar-refractivity contribution in [2.45, 2.75) is 238 Å². The number of aromatic amines is 6. The van der Waals surface area contributed by atoms with E-state index in [0.29, 0.717) is 118 Å². The van der Waals surface area contributed by atoms with Gasteiger partial charge < -0.3 is 120 Å². The van der Waals surface area contributed by atoms with Crippen LogP contribution in [-0.2, 0) is 63.5 Å². The van der Waals surface area contributed by atoms with Gasteiger partial charge in [-0.1, -0.05) is 0 Å². The first kappa shape index (κ1) is 102. The number of aliphatic hydroxyl groups excluding tert-OH is 6. The van der Waals surface area contributed by atoms with Gasteiger partial charge >= 0.3 is 34.7 Å². The normalized spacial score (nSPS) is 14.5. The van der Waals surface area contributed by atoms with Gasteiger partial charge in [-0.3, -0.25) is 0 Å². The van der Waals surface area contributed by atoms with E-state index >= 15 is 0 Å². The Morgan fingerprint density at radius 3 is 0.485 bits per heavy atom. The molecule has 0 fully saturated rings. The van der Waals surface area contributed by atoms with Crippen molar-refractivity contribution in [2.75, 3.05) is 0 Å². The minimum absolute atomic E-state index is 0. The number of aryl methyl sites for hydroxylation is 6. The van der Waals surface area contributed by atoms with E-state index in [1.54, 1.807) is 59.7 Å². The van der Waals surface area contributed by atoms with Crippen LogP contribution in [0.25, 0.3) is 133 Å². The number of carboxylic acids is 6. The first-order chi connectivity index (χ1) is 62.3. The molecule has 0 spiro atoms. The van der Waals surface area contributed by atoms with Gasteiger partial charge in [0.15, 0.2) is 0 Å². The van der Waals surface area contributed by atoms with Gasteiger partial charge in [0.2, 0.25) is 0 Å². The molecule has 9 aromatic rings. The van der Waals surface area contributed by atoms with Crippen LogP contribution in [0.2, 0.25) is 0 Å². The smallest absolute Gasteiger partial charge is 0.550 e. The van der Waals surface area contributed by atoms with E-state index in [9.17, 15) is 90.0 Å². The van der Waals surface area contributed by atoms with Gasteiger partial charge in [-0.25, -0.2) is 29.9 Å². The SMILES string of the molecule is CC1=C(CCC(=O)[O-])c2cc3nc(cc4[nH]c(cc5[nH]c(cc1n2)c(C)c5C(C)O)c(C)c4C(C)O)C(C)=C3CCC(=O)[O-].CC1=C(CCC(=O)[O-])c2cc3nc(cc4[nH]c(cc5[nH]c(cc1n2)c(C)c5C(C)O)c(C)c4C(C)O)C(C)=C3CCC(=O)[O-].CC1=C(CCC(=O)[O-])c2cc3nc(cc4[nH]c(cc5[nH]c(cc1n2)c(C)c5C(C)O)c(C)c4C(C)O)C(C)=C3CCC(=O)[O-].[Cr+3].[Cr+3]. The molecular formula is C102H108Cr2N12O18. The van der Waals surface area contributed by atoms with Gasteiger partial charge in [0, 0.05) is 135 Å². The van der Waals surface area contributed by atoms with Crippen LogP contribution in [0.5, 0.6) is 0 Å². The largest absolute Gasteiger partial charge is 3.00 e. The maximum atomic E-state index is 11.4. The van der Waals surface area contributed by atoms with E-state index in [2.05, 4.69) is 29.9 Å². The fourth-order valence-corrected chi connectivity index (χ4v) is 18.9. The Morgan fingerprint density at radius 2 is 0.351 bits per heavy atom. The van der Waals surface area contributed by atoms with Gasteiger partial charge in [-0.2, -0.15) is 0 Å². The third-order valence-corrected chi connectivity index (χ3v) is 25.9. The molecule has 6 aliphatic heterocycles. The number of aliphatic carboxylic acids is 6. The van der Waals surface area contributed by atoms with E-state index in [4.69, 9.17) is 29.9 Å². The number of fused-ring (bicyclic) bond motifs is 24. The minimum Gasteiger partial charge on any atom is -0.550 e. The number of carbonyl (C=O) groups excluding carboxylic acids is 6. The average molecular weight is 1890 g/mol. The summed E-state index contributed by atoms with van der Waals surface area (Å²) < 4.78 is 0. The van der Waals surface area contributed by atoms with Crippen LogP contribution in [0.4, 0.5) is 0 Å². The van der Waals surface area contributed by atoms with Gasteiger partial charge in [0.25, 0.3) is 0 Å². The zero-order valence-corrected chi connectivity index (χ0v) is 80.5. The molecule has 2 radical (unpaired) electrons. The second kappa shape index (κ2) is 41.5. The van der Waals surface area contributed by atoms with Crippen LogP contribution in [0.3, 0.4) is 0 Å². The maximum Gasteiger partial charge on any atom is 3.00 e. The van der Waals surface area contributed by atoms with Crippen LogP contribution in [0, 0.1) is 41.5 Å². The number of hydrogen-bond acceptors (Lipinski definition) is 24. The number of carboxylic acid groups (broad SMARTS) is 6. The first-order valence-electron chi connectivity index (χ1n) is 44.0. The summed E-state index contributed by atoms with van der Waals surface area (Å²) >= 11 is 0. The first-order valence-corrected chi connectivity index (χ1v) is 44.0. The standard InChI is InChI=1S/3C34H38N4O6.2Cr/c3*1-15-21(7-9-31(41)42)27-14-28-22(8-10-32(43)44)16(2)24(36-28)12-29-34(20(6)40)18(4)26(38-29)13-30-33(19(5)39)17(3)25(37-30)11-23(15)35-27;;/h3*11-14,19-20,37-40H,7-10H2,1-6H3,(H,41,42)(H,43,44);;/q;;;2*+3/p-6. The quantitative estimate of drug-likeness (QED) is 0.0267. The molecule has 32 heteroatoms. The van der Waals surface area contributed by atoms with Gasteiger partial charge in [0.1, 0.15) is 0 Å². The molecule has 9 aromatic heterocycles. The molecule has 12 N–H and O–H groups in total. The fraction of sp³-hybridized carbons (Fsp3) is 0.353. The number of H-pyrrole nitrogens is 6. The summed E-state index contributed by atoms with van der Waals surface area (Å²) in [6.45, 7) is 33.0. The summed E-state index contributed by atoms with van der Waals surface area (Å²) in [6.07, 6.45) is -4.76. The van der Waals surface area contributed by atoms with Crippen molar-refractivity contribution in [1.29, 1.82) is 0 Å². The molecule has 15 rings (SSSR count). The number of nitrogens with zero attached hydrogens (tertiary/aromatic N) is 6. The van der Waals surface area contributed by atoms with E-state index in [-0.39, 0.29) is 112 Å². The Bertz CT molecular complexity index is 6450. The van der Waals surface area contributed by atoms with Crippen molar-refractivity contribution >= 4 is 169 Å². The predicted molar refractivity (Wildman–Crippen MR) is 496 cm³/mol. The fourth-order valence-electron chi connectivity index (χ4n) is 18.9. The third-order valence-electron chi connectivity index (χ3n) is 25.9. The van der Waals surface area contributed by atoms with E-state index in [0.717, 1.165) is 150 Å². The number of rotatable bonds is 24. The van der Waals surface area contributed by atoms with Gasteiger partial charge in [0.05, 0.1) is 105 Å². The zero-order chi connectivity index (χ0) is 96.1. The molecule has 0 amide bonds. The number of carbonyl (C=O) groups is 6. The van der Waals surface area contributed by atoms with Gasteiger partial charge in [-0.05, 0) is 375 Å². The Kier molecular flexibility index (Phi) is 31.6. The average Bonchev–Trinajstić information content (AvgIpc) is 1.62. The van der Waals surface area contributed by atoms with E-state index < -0.39 is 72.4 Å². The molecule has 0 aromatic carbocycles. The predicted octanol–water partition coefficient (Wildman–Crippen LogP) is 11.9. The Hall–Kier alpha value is -12.6. The molecule has 30 nitrogen and oxygen atoms in total. The Balaban J connectivity index is 0.000000192. The number of aliphatic hydroxyl groups is 6. The number of hydrogen-bond donors (Lipinski definition) is 12. The molecule has 15 heterocycles. The molecule has 0 saturated heterocycles. The summed E-state index contributed by atoms with van der Waals surface area (Å²) in [4.78, 5) is 119. The summed E-state index contributed by atoms with van der Waals surface area (Å²) in [7, 11) is 0. The van der Waals surface area contributed by atoms with Crippen molar-refractivity contribution in [3.8, 4) is 0 Å². The molecule has 24 bridgehead atoms. The summed E-state index contributed by atoms with van der Waals surface area (Å²) in [5, 5.41) is 133. The summed E-state index contributed by atoms with van der Waals surface area (Å²) in [6, 6.07) is 22.2. The Morgan fingerprint density at radius 1 is 0.224 bits per heavy atom. The zero-order valence-electron chi connectivity index (χ0n) is 78.0. The van der Waals surface area contributed by atoms with Crippen LogP contribution in [0.1, 0.15) is 332 Å². The van der Waals surface area contributed by atoms with Gasteiger partial charge in [-0.15, -0.1) is 0 Å². The summed E-state index contributed by atoms with van der Waals surface area (Å²) in [5.41, 5.74) is 33.8. The molecule has 6 atom stereocenters. The molecular weight excluding hydrogens is 1790 g/mol. The van der Waals surface area contributed by atoms with Crippen molar-refractivity contribution in [2.24, 2.45) is 0 Å². The maximum absolute atomic E-state index is 11.4. The molecule has 6 aliphatic rings. The van der Waals surface area contributed by atoms with Crippen molar-refractivity contribution in [1.82, 2.24) is 59.8 Å². The number of allylic oxidation sites excluding steroid dienone is 12. The Labute approximate surface area is 794 Å². The monoisotopic (exact) mass is 1890 g/mol.